The third kappa shape index (κ3) is 5.56. The van der Waals surface area contributed by atoms with E-state index in [9.17, 15) is 8.42 Å². The van der Waals surface area contributed by atoms with Gasteiger partial charge in [-0.05, 0) is 43.8 Å². The third-order valence-corrected chi connectivity index (χ3v) is 5.15. The average molecular weight is 335 g/mol. The van der Waals surface area contributed by atoms with Gasteiger partial charge in [0.1, 0.15) is 0 Å². The van der Waals surface area contributed by atoms with Gasteiger partial charge in [-0.15, -0.1) is 0 Å². The molecule has 0 spiro atoms. The van der Waals surface area contributed by atoms with Crippen molar-refractivity contribution in [3.05, 3.63) is 28.8 Å². The Morgan fingerprint density at radius 2 is 1.95 bits per heavy atom. The summed E-state index contributed by atoms with van der Waals surface area (Å²) in [5, 5.41) is 9.28. The molecule has 0 fully saturated rings. The van der Waals surface area contributed by atoms with Gasteiger partial charge >= 0.3 is 0 Å². The lowest BCUT2D eigenvalue weighted by atomic mass is 10.2. The van der Waals surface area contributed by atoms with Crippen LogP contribution in [0.1, 0.15) is 25.8 Å². The van der Waals surface area contributed by atoms with Crippen LogP contribution in [0.5, 0.6) is 0 Å². The molecule has 1 aromatic rings. The molecular weight excluding hydrogens is 312 g/mol. The maximum absolute atomic E-state index is 12.1. The van der Waals surface area contributed by atoms with Crippen LogP contribution in [0.3, 0.4) is 0 Å². The molecule has 120 valence electrons. The molecule has 0 aliphatic carbocycles. The Bertz CT molecular complexity index is 545. The van der Waals surface area contributed by atoms with Gasteiger partial charge in [0.15, 0.2) is 0 Å². The van der Waals surface area contributed by atoms with Crippen molar-refractivity contribution in [1.29, 1.82) is 0 Å². The van der Waals surface area contributed by atoms with E-state index in [0.717, 1.165) is 26.1 Å². The summed E-state index contributed by atoms with van der Waals surface area (Å²) in [6.45, 7) is 7.12. The maximum Gasteiger partial charge on any atom is 0.240 e. The van der Waals surface area contributed by atoms with E-state index in [2.05, 4.69) is 23.5 Å². The minimum Gasteiger partial charge on any atom is -0.392 e. The van der Waals surface area contributed by atoms with Crippen molar-refractivity contribution < 1.29 is 13.5 Å². The van der Waals surface area contributed by atoms with E-state index in [1.54, 1.807) is 0 Å². The Morgan fingerprint density at radius 1 is 1.29 bits per heavy atom. The van der Waals surface area contributed by atoms with Crippen LogP contribution in [0, 0.1) is 0 Å². The van der Waals surface area contributed by atoms with Crippen molar-refractivity contribution >= 4 is 21.6 Å². The first-order chi connectivity index (χ1) is 9.94. The van der Waals surface area contributed by atoms with Crippen molar-refractivity contribution in [3.8, 4) is 0 Å². The number of nitrogens with zero attached hydrogens (tertiary/aromatic N) is 1. The van der Waals surface area contributed by atoms with Crippen LogP contribution < -0.4 is 4.72 Å². The number of nitrogens with one attached hydrogen (secondary N) is 1. The Hall–Kier alpha value is -0.660. The zero-order valence-electron chi connectivity index (χ0n) is 12.5. The minimum absolute atomic E-state index is 0.118. The number of benzene rings is 1. The number of sulfonamides is 1. The zero-order valence-corrected chi connectivity index (χ0v) is 14.0. The Morgan fingerprint density at radius 3 is 2.48 bits per heavy atom. The van der Waals surface area contributed by atoms with Gasteiger partial charge in [0.25, 0.3) is 0 Å². The summed E-state index contributed by atoms with van der Waals surface area (Å²) in [5.41, 5.74) is 0.511. The van der Waals surface area contributed by atoms with Crippen LogP contribution >= 0.6 is 11.6 Å². The van der Waals surface area contributed by atoms with E-state index in [1.807, 2.05) is 0 Å². The van der Waals surface area contributed by atoms with Crippen LogP contribution in [-0.4, -0.2) is 44.6 Å². The molecule has 0 aliphatic rings. The highest BCUT2D eigenvalue weighted by molar-refractivity contribution is 7.89. The van der Waals surface area contributed by atoms with Gasteiger partial charge in [0, 0.05) is 11.6 Å². The first-order valence-corrected chi connectivity index (χ1v) is 8.92. The number of aliphatic hydroxyl groups excluding tert-OH is 1. The summed E-state index contributed by atoms with van der Waals surface area (Å²) >= 11 is 5.92. The SMILES string of the molecule is CCN(CC)CCCNS(=O)(=O)c1ccc(CO)c(Cl)c1. The normalized spacial score (nSPS) is 12.0. The number of halogens is 1. The Balaban J connectivity index is 2.59. The van der Waals surface area contributed by atoms with Gasteiger partial charge in [-0.25, -0.2) is 13.1 Å². The number of hydrogen-bond donors (Lipinski definition) is 2. The molecule has 0 aromatic heterocycles. The molecule has 5 nitrogen and oxygen atoms in total. The van der Waals surface area contributed by atoms with Crippen LogP contribution in [0.2, 0.25) is 5.02 Å². The van der Waals surface area contributed by atoms with Crippen molar-refractivity contribution in [2.75, 3.05) is 26.2 Å². The molecule has 1 rings (SSSR count). The molecule has 0 aliphatic heterocycles. The molecule has 2 N–H and O–H groups in total. The molecule has 1 aromatic carbocycles. The van der Waals surface area contributed by atoms with Crippen molar-refractivity contribution in [2.45, 2.75) is 31.8 Å². The molecule has 0 unspecified atom stereocenters. The largest absolute Gasteiger partial charge is 0.392 e. The lowest BCUT2D eigenvalue weighted by molar-refractivity contribution is 0.282. The predicted molar refractivity (Wildman–Crippen MR) is 85.0 cm³/mol. The van der Waals surface area contributed by atoms with Crippen LogP contribution in [0.25, 0.3) is 0 Å². The van der Waals surface area contributed by atoms with Crippen molar-refractivity contribution in [3.63, 3.8) is 0 Å². The standard InChI is InChI=1S/C14H23ClN2O3S/c1-3-17(4-2)9-5-8-16-21(19,20)13-7-6-12(11-18)14(15)10-13/h6-7,10,16,18H,3-5,8-9,11H2,1-2H3. The molecule has 0 bridgehead atoms. The first kappa shape index (κ1) is 18.4. The minimum atomic E-state index is -3.55. The Kier molecular flexibility index (Phi) is 7.62. The number of rotatable bonds is 9. The molecular formula is C14H23ClN2O3S. The van der Waals surface area contributed by atoms with Gasteiger partial charge in [-0.1, -0.05) is 31.5 Å². The molecule has 7 heteroatoms. The lowest BCUT2D eigenvalue weighted by Gasteiger charge is -2.17. The van der Waals surface area contributed by atoms with Gasteiger partial charge in [-0.2, -0.15) is 0 Å². The highest BCUT2D eigenvalue weighted by Gasteiger charge is 2.15. The molecule has 0 amide bonds. The van der Waals surface area contributed by atoms with Gasteiger partial charge < -0.3 is 10.0 Å². The van der Waals surface area contributed by atoms with Crippen molar-refractivity contribution in [2.24, 2.45) is 0 Å². The third-order valence-electron chi connectivity index (χ3n) is 3.34. The quantitative estimate of drug-likeness (QED) is 0.676. The summed E-state index contributed by atoms with van der Waals surface area (Å²) in [5.74, 6) is 0. The van der Waals surface area contributed by atoms with E-state index in [1.165, 1.54) is 18.2 Å². The lowest BCUT2D eigenvalue weighted by Crippen LogP contribution is -2.30. The topological polar surface area (TPSA) is 69.6 Å². The fraction of sp³-hybridized carbons (Fsp3) is 0.571. The number of hydrogen-bond acceptors (Lipinski definition) is 4. The molecule has 21 heavy (non-hydrogen) atoms. The maximum atomic E-state index is 12.1. The van der Waals surface area contributed by atoms with Crippen molar-refractivity contribution in [1.82, 2.24) is 9.62 Å². The Labute approximate surface area is 132 Å². The number of aliphatic hydroxyl groups is 1. The monoisotopic (exact) mass is 334 g/mol. The second-order valence-corrected chi connectivity index (χ2v) is 6.86. The van der Waals surface area contributed by atoms with E-state index >= 15 is 0 Å². The predicted octanol–water partition coefficient (Wildman–Crippen LogP) is 1.84. The van der Waals surface area contributed by atoms with E-state index in [4.69, 9.17) is 16.7 Å². The second-order valence-electron chi connectivity index (χ2n) is 4.69. The molecule has 0 heterocycles. The highest BCUT2D eigenvalue weighted by Crippen LogP contribution is 2.20. The van der Waals surface area contributed by atoms with Crippen LogP contribution in [0.15, 0.2) is 23.1 Å². The van der Waals surface area contributed by atoms with Crippen LogP contribution in [0.4, 0.5) is 0 Å². The molecule has 0 radical (unpaired) electrons. The summed E-state index contributed by atoms with van der Waals surface area (Å²) in [6.07, 6.45) is 0.753. The summed E-state index contributed by atoms with van der Waals surface area (Å²) in [7, 11) is -3.55. The van der Waals surface area contributed by atoms with E-state index in [-0.39, 0.29) is 16.5 Å². The second kappa shape index (κ2) is 8.70. The van der Waals surface area contributed by atoms with Gasteiger partial charge in [-0.3, -0.25) is 0 Å². The summed E-state index contributed by atoms with van der Waals surface area (Å²) < 4.78 is 26.8. The fourth-order valence-electron chi connectivity index (χ4n) is 1.96. The van der Waals surface area contributed by atoms with E-state index < -0.39 is 10.0 Å². The van der Waals surface area contributed by atoms with Crippen LogP contribution in [-0.2, 0) is 16.6 Å². The van der Waals surface area contributed by atoms with E-state index in [0.29, 0.717) is 12.1 Å². The van der Waals surface area contributed by atoms with Gasteiger partial charge in [0.05, 0.1) is 11.5 Å². The summed E-state index contributed by atoms with van der Waals surface area (Å²) in [4.78, 5) is 2.36. The molecule has 0 atom stereocenters. The van der Waals surface area contributed by atoms with Gasteiger partial charge in [0.2, 0.25) is 10.0 Å². The fourth-order valence-corrected chi connectivity index (χ4v) is 3.36. The average Bonchev–Trinajstić information content (AvgIpc) is 2.47. The summed E-state index contributed by atoms with van der Waals surface area (Å²) in [6, 6.07) is 4.33. The molecule has 0 saturated heterocycles. The highest BCUT2D eigenvalue weighted by atomic mass is 35.5. The molecule has 0 saturated carbocycles. The first-order valence-electron chi connectivity index (χ1n) is 7.05. The zero-order chi connectivity index (χ0) is 15.9. The smallest absolute Gasteiger partial charge is 0.240 e.